The molecule has 2 rings (SSSR count). The Morgan fingerprint density at radius 2 is 1.86 bits per heavy atom. The summed E-state index contributed by atoms with van der Waals surface area (Å²) in [6.45, 7) is 0. The smallest absolute Gasteiger partial charge is 0.0396 e. The summed E-state index contributed by atoms with van der Waals surface area (Å²) in [7, 11) is 0. The first-order valence-electron chi connectivity index (χ1n) is 4.13. The molecule has 0 saturated carbocycles. The maximum atomic E-state index is 4.10. The summed E-state index contributed by atoms with van der Waals surface area (Å²) < 4.78 is 2.12. The van der Waals surface area contributed by atoms with Crippen molar-refractivity contribution >= 4 is 31.9 Å². The Kier molecular flexibility index (Phi) is 2.99. The van der Waals surface area contributed by atoms with Gasteiger partial charge in [-0.15, -0.1) is 0 Å². The van der Waals surface area contributed by atoms with Crippen LogP contribution < -0.4 is 0 Å². The van der Waals surface area contributed by atoms with E-state index in [0.29, 0.717) is 0 Å². The zero-order valence-electron chi connectivity index (χ0n) is 7.24. The van der Waals surface area contributed by atoms with E-state index in [4.69, 9.17) is 0 Å². The molecule has 0 atom stereocenters. The largest absolute Gasteiger partial charge is 0.264 e. The van der Waals surface area contributed by atoms with Crippen LogP contribution in [0.1, 0.15) is 0 Å². The lowest BCUT2D eigenvalue weighted by Gasteiger charge is -2.05. The molecule has 3 heteroatoms. The molecule has 0 aliphatic heterocycles. The fourth-order valence-electron chi connectivity index (χ4n) is 1.25. The molecule has 14 heavy (non-hydrogen) atoms. The maximum absolute atomic E-state index is 4.10. The van der Waals surface area contributed by atoms with Crippen molar-refractivity contribution < 1.29 is 0 Å². The first-order valence-corrected chi connectivity index (χ1v) is 5.72. The van der Waals surface area contributed by atoms with E-state index in [1.807, 2.05) is 30.5 Å². The van der Waals surface area contributed by atoms with Gasteiger partial charge in [0.1, 0.15) is 0 Å². The van der Waals surface area contributed by atoms with Gasteiger partial charge < -0.3 is 0 Å². The van der Waals surface area contributed by atoms with Crippen LogP contribution >= 0.6 is 31.9 Å². The van der Waals surface area contributed by atoms with Crippen LogP contribution in [-0.2, 0) is 0 Å². The van der Waals surface area contributed by atoms with Gasteiger partial charge in [0.2, 0.25) is 0 Å². The van der Waals surface area contributed by atoms with Crippen molar-refractivity contribution in [2.75, 3.05) is 0 Å². The molecule has 0 saturated heterocycles. The maximum Gasteiger partial charge on any atom is 0.0396 e. The topological polar surface area (TPSA) is 12.9 Å². The number of nitrogens with zero attached hydrogens (tertiary/aromatic N) is 1. The molecule has 0 bridgehead atoms. The van der Waals surface area contributed by atoms with Crippen LogP contribution in [0.4, 0.5) is 0 Å². The third kappa shape index (κ3) is 1.88. The lowest BCUT2D eigenvalue weighted by molar-refractivity contribution is 1.33. The van der Waals surface area contributed by atoms with Gasteiger partial charge in [0, 0.05) is 26.9 Å². The van der Waals surface area contributed by atoms with Crippen LogP contribution in [-0.4, -0.2) is 4.98 Å². The minimum atomic E-state index is 1.05. The first-order chi connectivity index (χ1) is 6.79. The van der Waals surface area contributed by atoms with Crippen molar-refractivity contribution in [3.63, 3.8) is 0 Å². The number of hydrogen-bond acceptors (Lipinski definition) is 1. The second kappa shape index (κ2) is 4.24. The molecule has 0 unspecified atom stereocenters. The molecule has 0 amide bonds. The van der Waals surface area contributed by atoms with Crippen LogP contribution in [0.3, 0.4) is 0 Å². The van der Waals surface area contributed by atoms with E-state index in [1.165, 1.54) is 0 Å². The molecule has 70 valence electrons. The van der Waals surface area contributed by atoms with E-state index < -0.39 is 0 Å². The highest BCUT2D eigenvalue weighted by atomic mass is 79.9. The summed E-state index contributed by atoms with van der Waals surface area (Å²) in [5.41, 5.74) is 2.26. The van der Waals surface area contributed by atoms with Crippen LogP contribution in [0.25, 0.3) is 11.1 Å². The number of rotatable bonds is 1. The molecule has 0 spiro atoms. The Morgan fingerprint density at radius 1 is 1.00 bits per heavy atom. The molecule has 1 heterocycles. The van der Waals surface area contributed by atoms with E-state index in [9.17, 15) is 0 Å². The van der Waals surface area contributed by atoms with Crippen molar-refractivity contribution in [2.24, 2.45) is 0 Å². The fourth-order valence-corrected chi connectivity index (χ4v) is 2.11. The monoisotopic (exact) mass is 311 g/mol. The van der Waals surface area contributed by atoms with E-state index in [2.05, 4.69) is 42.9 Å². The Morgan fingerprint density at radius 3 is 2.57 bits per heavy atom. The Balaban J connectivity index is 2.58. The quantitative estimate of drug-likeness (QED) is 0.766. The number of pyridine rings is 1. The van der Waals surface area contributed by atoms with Crippen LogP contribution in [0.5, 0.6) is 0 Å². The van der Waals surface area contributed by atoms with Crippen molar-refractivity contribution in [1.29, 1.82) is 0 Å². The first kappa shape index (κ1) is 9.87. The number of hydrogen-bond donors (Lipinski definition) is 0. The SMILES string of the molecule is Brc1cccc(-c2cccnc2)c1Br. The average molecular weight is 313 g/mol. The number of aromatic nitrogens is 1. The lowest BCUT2D eigenvalue weighted by Crippen LogP contribution is -1.81. The lowest BCUT2D eigenvalue weighted by atomic mass is 10.1. The van der Waals surface area contributed by atoms with Gasteiger partial charge in [-0.25, -0.2) is 0 Å². The zero-order chi connectivity index (χ0) is 9.97. The minimum Gasteiger partial charge on any atom is -0.264 e. The van der Waals surface area contributed by atoms with Crippen molar-refractivity contribution in [3.05, 3.63) is 51.7 Å². The standard InChI is InChI=1S/C11H7Br2N/c12-10-5-1-4-9(11(10)13)8-3-2-6-14-7-8/h1-7H. The summed E-state index contributed by atoms with van der Waals surface area (Å²) >= 11 is 7.02. The van der Waals surface area contributed by atoms with Gasteiger partial charge in [0.25, 0.3) is 0 Å². The normalized spacial score (nSPS) is 10.1. The van der Waals surface area contributed by atoms with Crippen molar-refractivity contribution in [3.8, 4) is 11.1 Å². The Labute approximate surface area is 99.4 Å². The predicted octanol–water partition coefficient (Wildman–Crippen LogP) is 4.27. The van der Waals surface area contributed by atoms with Gasteiger partial charge in [-0.3, -0.25) is 4.98 Å². The molecular weight excluding hydrogens is 306 g/mol. The number of benzene rings is 1. The van der Waals surface area contributed by atoms with Crippen molar-refractivity contribution in [2.45, 2.75) is 0 Å². The number of halogens is 2. The summed E-state index contributed by atoms with van der Waals surface area (Å²) in [4.78, 5) is 4.10. The van der Waals surface area contributed by atoms with Crippen molar-refractivity contribution in [1.82, 2.24) is 4.98 Å². The molecular formula is C11H7Br2N. The molecule has 0 N–H and O–H groups in total. The summed E-state index contributed by atoms with van der Waals surface area (Å²) in [5.74, 6) is 0. The summed E-state index contributed by atoms with van der Waals surface area (Å²) in [5, 5.41) is 0. The molecule has 2 aromatic rings. The molecule has 1 aromatic heterocycles. The van der Waals surface area contributed by atoms with E-state index in [1.54, 1.807) is 6.20 Å². The zero-order valence-corrected chi connectivity index (χ0v) is 10.4. The van der Waals surface area contributed by atoms with Gasteiger partial charge in [-0.2, -0.15) is 0 Å². The second-order valence-corrected chi connectivity index (χ2v) is 4.49. The Hall–Kier alpha value is -0.670. The van der Waals surface area contributed by atoms with Gasteiger partial charge in [-0.1, -0.05) is 18.2 Å². The molecule has 1 nitrogen and oxygen atoms in total. The van der Waals surface area contributed by atoms with E-state index >= 15 is 0 Å². The van der Waals surface area contributed by atoms with E-state index in [0.717, 1.165) is 20.1 Å². The molecule has 0 radical (unpaired) electrons. The van der Waals surface area contributed by atoms with Gasteiger partial charge >= 0.3 is 0 Å². The third-order valence-electron chi connectivity index (χ3n) is 1.92. The molecule has 1 aromatic carbocycles. The Bertz CT molecular complexity index is 440. The molecule has 0 aliphatic rings. The van der Waals surface area contributed by atoms with Gasteiger partial charge in [0.05, 0.1) is 0 Å². The summed E-state index contributed by atoms with van der Waals surface area (Å²) in [6, 6.07) is 10.1. The summed E-state index contributed by atoms with van der Waals surface area (Å²) in [6.07, 6.45) is 3.63. The molecule has 0 aliphatic carbocycles. The fraction of sp³-hybridized carbons (Fsp3) is 0. The highest BCUT2D eigenvalue weighted by Gasteiger charge is 2.04. The highest BCUT2D eigenvalue weighted by Crippen LogP contribution is 2.33. The third-order valence-corrected chi connectivity index (χ3v) is 3.97. The minimum absolute atomic E-state index is 1.05. The highest BCUT2D eigenvalue weighted by molar-refractivity contribution is 9.13. The van der Waals surface area contributed by atoms with E-state index in [-0.39, 0.29) is 0 Å². The predicted molar refractivity (Wildman–Crippen MR) is 65.1 cm³/mol. The van der Waals surface area contributed by atoms with Crippen LogP contribution in [0.15, 0.2) is 51.7 Å². The van der Waals surface area contributed by atoms with Crippen LogP contribution in [0.2, 0.25) is 0 Å². The van der Waals surface area contributed by atoms with Crippen LogP contribution in [0, 0.1) is 0 Å². The molecule has 0 fully saturated rings. The average Bonchev–Trinajstić information content (AvgIpc) is 2.23. The van der Waals surface area contributed by atoms with Gasteiger partial charge in [0.15, 0.2) is 0 Å². The van der Waals surface area contributed by atoms with Gasteiger partial charge in [-0.05, 0) is 49.6 Å². The second-order valence-electron chi connectivity index (χ2n) is 2.84.